The maximum atomic E-state index is 3.63. The molecule has 3 nitrogen and oxygen atoms in total. The molecule has 0 spiro atoms. The van der Waals surface area contributed by atoms with E-state index in [0.29, 0.717) is 0 Å². The van der Waals surface area contributed by atoms with Crippen LogP contribution in [0, 0.1) is 6.92 Å². The summed E-state index contributed by atoms with van der Waals surface area (Å²) in [5, 5.41) is 3.47. The Kier molecular flexibility index (Phi) is 4.76. The molecule has 20 heavy (non-hydrogen) atoms. The van der Waals surface area contributed by atoms with Crippen LogP contribution in [-0.4, -0.2) is 55.1 Å². The lowest BCUT2D eigenvalue weighted by atomic mass is 10.1. The molecule has 110 valence electrons. The van der Waals surface area contributed by atoms with E-state index in [4.69, 9.17) is 0 Å². The van der Waals surface area contributed by atoms with E-state index in [0.717, 1.165) is 12.6 Å². The number of nitrogens with zero attached hydrogens (tertiary/aromatic N) is 2. The van der Waals surface area contributed by atoms with Crippen LogP contribution in [0.15, 0.2) is 22.7 Å². The van der Waals surface area contributed by atoms with Crippen LogP contribution >= 0.6 is 15.9 Å². The molecule has 0 aromatic heterocycles. The van der Waals surface area contributed by atoms with Crippen molar-refractivity contribution in [1.29, 1.82) is 0 Å². The zero-order valence-electron chi connectivity index (χ0n) is 12.2. The van der Waals surface area contributed by atoms with Crippen LogP contribution in [0.3, 0.4) is 0 Å². The highest BCUT2D eigenvalue weighted by atomic mass is 79.9. The minimum atomic E-state index is 0.783. The zero-order chi connectivity index (χ0) is 13.9. The predicted octanol–water partition coefficient (Wildman–Crippen LogP) is 2.24. The number of benzene rings is 1. The molecule has 1 aromatic carbocycles. The molecule has 0 saturated carbocycles. The van der Waals surface area contributed by atoms with E-state index in [2.05, 4.69) is 56.2 Å². The molecule has 0 amide bonds. The third-order valence-electron chi connectivity index (χ3n) is 4.60. The molecule has 0 bridgehead atoms. The van der Waals surface area contributed by atoms with E-state index >= 15 is 0 Å². The Morgan fingerprint density at radius 1 is 1.25 bits per heavy atom. The molecule has 2 fully saturated rings. The second-order valence-corrected chi connectivity index (χ2v) is 6.90. The van der Waals surface area contributed by atoms with E-state index in [9.17, 15) is 0 Å². The van der Waals surface area contributed by atoms with Crippen molar-refractivity contribution in [3.63, 3.8) is 0 Å². The maximum Gasteiger partial charge on any atom is 0.0235 e. The first kappa shape index (κ1) is 14.5. The second kappa shape index (κ2) is 6.56. The van der Waals surface area contributed by atoms with Gasteiger partial charge in [0.05, 0.1) is 0 Å². The van der Waals surface area contributed by atoms with Crippen LogP contribution in [0.5, 0.6) is 0 Å². The van der Waals surface area contributed by atoms with Crippen LogP contribution in [0.2, 0.25) is 0 Å². The Bertz CT molecular complexity index is 449. The highest BCUT2D eigenvalue weighted by Crippen LogP contribution is 2.19. The standard InChI is InChI=1S/C16H24BrN3/c1-13-2-3-14(10-16(13)17)12-19-6-8-20(9-7-19)15-4-5-18-11-15/h2-3,10,15,18H,4-9,11-12H2,1H3. The van der Waals surface area contributed by atoms with Crippen molar-refractivity contribution in [3.05, 3.63) is 33.8 Å². The molecular formula is C16H24BrN3. The van der Waals surface area contributed by atoms with Crippen LogP contribution in [0.1, 0.15) is 17.5 Å². The number of hydrogen-bond acceptors (Lipinski definition) is 3. The summed E-state index contributed by atoms with van der Waals surface area (Å²) in [7, 11) is 0. The number of nitrogens with one attached hydrogen (secondary N) is 1. The Morgan fingerprint density at radius 2 is 2.05 bits per heavy atom. The van der Waals surface area contributed by atoms with Crippen molar-refractivity contribution >= 4 is 15.9 Å². The number of rotatable bonds is 3. The summed E-state index contributed by atoms with van der Waals surface area (Å²) in [6, 6.07) is 7.51. The summed E-state index contributed by atoms with van der Waals surface area (Å²) in [5.41, 5.74) is 2.73. The van der Waals surface area contributed by atoms with Gasteiger partial charge in [-0.2, -0.15) is 0 Å². The molecule has 1 atom stereocenters. The molecule has 0 radical (unpaired) electrons. The average molecular weight is 338 g/mol. The van der Waals surface area contributed by atoms with Gasteiger partial charge in [-0.25, -0.2) is 0 Å². The zero-order valence-corrected chi connectivity index (χ0v) is 13.8. The van der Waals surface area contributed by atoms with E-state index in [-0.39, 0.29) is 0 Å². The first-order valence-electron chi connectivity index (χ1n) is 7.64. The highest BCUT2D eigenvalue weighted by Gasteiger charge is 2.25. The van der Waals surface area contributed by atoms with E-state index in [1.165, 1.54) is 61.3 Å². The molecule has 2 aliphatic rings. The third-order valence-corrected chi connectivity index (χ3v) is 5.45. The predicted molar refractivity (Wildman–Crippen MR) is 87.0 cm³/mol. The van der Waals surface area contributed by atoms with Crippen molar-refractivity contribution in [2.45, 2.75) is 25.9 Å². The fraction of sp³-hybridized carbons (Fsp3) is 0.625. The van der Waals surface area contributed by atoms with Gasteiger partial charge in [-0.1, -0.05) is 28.1 Å². The van der Waals surface area contributed by atoms with Crippen molar-refractivity contribution < 1.29 is 0 Å². The molecule has 1 unspecified atom stereocenters. The van der Waals surface area contributed by atoms with Crippen LogP contribution in [-0.2, 0) is 6.54 Å². The van der Waals surface area contributed by atoms with Crippen LogP contribution in [0.4, 0.5) is 0 Å². The molecule has 2 heterocycles. The topological polar surface area (TPSA) is 18.5 Å². The number of halogens is 1. The van der Waals surface area contributed by atoms with Crippen molar-refractivity contribution in [3.8, 4) is 0 Å². The minimum Gasteiger partial charge on any atom is -0.315 e. The molecular weight excluding hydrogens is 314 g/mol. The molecule has 4 heteroatoms. The Morgan fingerprint density at radius 3 is 2.70 bits per heavy atom. The minimum absolute atomic E-state index is 0.783. The van der Waals surface area contributed by atoms with E-state index in [1.54, 1.807) is 0 Å². The van der Waals surface area contributed by atoms with Gasteiger partial charge >= 0.3 is 0 Å². The summed E-state index contributed by atoms with van der Waals surface area (Å²) in [4.78, 5) is 5.25. The number of piperazine rings is 1. The number of aryl methyl sites for hydroxylation is 1. The SMILES string of the molecule is Cc1ccc(CN2CCN(C3CCNC3)CC2)cc1Br. The first-order valence-corrected chi connectivity index (χ1v) is 8.44. The fourth-order valence-electron chi connectivity index (χ4n) is 3.23. The molecule has 1 N–H and O–H groups in total. The van der Waals surface area contributed by atoms with Gasteiger partial charge in [0.2, 0.25) is 0 Å². The van der Waals surface area contributed by atoms with Gasteiger partial charge in [-0.05, 0) is 37.1 Å². The summed E-state index contributed by atoms with van der Waals surface area (Å²) >= 11 is 3.63. The lowest BCUT2D eigenvalue weighted by Gasteiger charge is -2.37. The second-order valence-electron chi connectivity index (χ2n) is 6.04. The van der Waals surface area contributed by atoms with E-state index < -0.39 is 0 Å². The molecule has 0 aliphatic carbocycles. The summed E-state index contributed by atoms with van der Waals surface area (Å²) in [6.45, 7) is 10.4. The highest BCUT2D eigenvalue weighted by molar-refractivity contribution is 9.10. The molecule has 2 aliphatic heterocycles. The largest absolute Gasteiger partial charge is 0.315 e. The summed E-state index contributed by atoms with van der Waals surface area (Å²) in [6.07, 6.45) is 1.32. The fourth-order valence-corrected chi connectivity index (χ4v) is 3.66. The average Bonchev–Trinajstić information content (AvgIpc) is 2.98. The van der Waals surface area contributed by atoms with Gasteiger partial charge in [-0.15, -0.1) is 0 Å². The summed E-state index contributed by atoms with van der Waals surface area (Å²) in [5.74, 6) is 0. The molecule has 2 saturated heterocycles. The van der Waals surface area contributed by atoms with Crippen molar-refractivity contribution in [2.24, 2.45) is 0 Å². The first-order chi connectivity index (χ1) is 9.72. The van der Waals surface area contributed by atoms with Gasteiger partial charge < -0.3 is 5.32 Å². The quantitative estimate of drug-likeness (QED) is 0.912. The van der Waals surface area contributed by atoms with Gasteiger partial charge in [-0.3, -0.25) is 9.80 Å². The monoisotopic (exact) mass is 337 g/mol. The Balaban J connectivity index is 1.51. The Labute approximate surface area is 130 Å². The smallest absolute Gasteiger partial charge is 0.0235 e. The molecule has 1 aromatic rings. The lowest BCUT2D eigenvalue weighted by Crippen LogP contribution is -2.50. The van der Waals surface area contributed by atoms with Crippen molar-refractivity contribution in [1.82, 2.24) is 15.1 Å². The van der Waals surface area contributed by atoms with Crippen molar-refractivity contribution in [2.75, 3.05) is 39.3 Å². The molecule has 3 rings (SSSR count). The van der Waals surface area contributed by atoms with Crippen LogP contribution < -0.4 is 5.32 Å². The lowest BCUT2D eigenvalue weighted by molar-refractivity contribution is 0.0981. The van der Waals surface area contributed by atoms with E-state index in [1.807, 2.05) is 0 Å². The van der Waals surface area contributed by atoms with Gasteiger partial charge in [0.25, 0.3) is 0 Å². The maximum absolute atomic E-state index is 3.63. The van der Waals surface area contributed by atoms with Gasteiger partial charge in [0, 0.05) is 49.8 Å². The van der Waals surface area contributed by atoms with Crippen LogP contribution in [0.25, 0.3) is 0 Å². The van der Waals surface area contributed by atoms with Gasteiger partial charge in [0.1, 0.15) is 0 Å². The summed E-state index contributed by atoms with van der Waals surface area (Å²) < 4.78 is 1.23. The van der Waals surface area contributed by atoms with Gasteiger partial charge in [0.15, 0.2) is 0 Å². The third kappa shape index (κ3) is 3.42. The Hall–Kier alpha value is -0.420. The normalized spacial score (nSPS) is 25.2. The number of hydrogen-bond donors (Lipinski definition) is 1.